The summed E-state index contributed by atoms with van der Waals surface area (Å²) in [4.78, 5) is 16.8. The second-order valence-electron chi connectivity index (χ2n) is 8.78. The molecule has 2 aromatic carbocycles. The number of methoxy groups -OCH3 is 3. The standard InChI is InChI=1S/C26H33ClN2O5/c1-31-23-10-8-19(24(27)25(23)32-2)16-28-12-13-34-22-9-7-18(14-20(22)17-28)15-29-11-5-4-6-21(29)26(30)33-3/h7-10,14,21H,4-6,11-13,15-17H2,1-3H3. The Kier molecular flexibility index (Phi) is 8.19. The van der Waals surface area contributed by atoms with Crippen LogP contribution in [0.15, 0.2) is 30.3 Å². The van der Waals surface area contributed by atoms with Crippen LogP contribution >= 0.6 is 11.6 Å². The van der Waals surface area contributed by atoms with Crippen LogP contribution in [0, 0.1) is 0 Å². The molecular formula is C26H33ClN2O5. The average molecular weight is 489 g/mol. The summed E-state index contributed by atoms with van der Waals surface area (Å²) < 4.78 is 21.9. The van der Waals surface area contributed by atoms with Gasteiger partial charge in [0.15, 0.2) is 11.5 Å². The van der Waals surface area contributed by atoms with Crippen LogP contribution in [0.1, 0.15) is 36.0 Å². The molecular weight excluding hydrogens is 456 g/mol. The van der Waals surface area contributed by atoms with E-state index in [1.807, 2.05) is 12.1 Å². The van der Waals surface area contributed by atoms with E-state index >= 15 is 0 Å². The molecule has 0 bridgehead atoms. The monoisotopic (exact) mass is 488 g/mol. The first-order valence-electron chi connectivity index (χ1n) is 11.7. The highest BCUT2D eigenvalue weighted by Crippen LogP contribution is 2.38. The summed E-state index contributed by atoms with van der Waals surface area (Å²) in [7, 11) is 4.66. The zero-order valence-corrected chi connectivity index (χ0v) is 20.9. The first-order valence-corrected chi connectivity index (χ1v) is 12.1. The van der Waals surface area contributed by atoms with E-state index in [-0.39, 0.29) is 12.0 Å². The normalized spacial score (nSPS) is 19.0. The summed E-state index contributed by atoms with van der Waals surface area (Å²) in [6.07, 6.45) is 3.00. The Morgan fingerprint density at radius 2 is 1.94 bits per heavy atom. The quantitative estimate of drug-likeness (QED) is 0.539. The molecule has 1 saturated heterocycles. The Morgan fingerprint density at radius 3 is 2.71 bits per heavy atom. The van der Waals surface area contributed by atoms with E-state index < -0.39 is 0 Å². The second kappa shape index (κ2) is 11.3. The summed E-state index contributed by atoms with van der Waals surface area (Å²) in [6, 6.07) is 10.1. The van der Waals surface area contributed by atoms with Gasteiger partial charge in [-0.1, -0.05) is 30.2 Å². The minimum atomic E-state index is -0.169. The second-order valence-corrected chi connectivity index (χ2v) is 9.16. The summed E-state index contributed by atoms with van der Waals surface area (Å²) in [6.45, 7) is 4.42. The van der Waals surface area contributed by atoms with Gasteiger partial charge in [-0.3, -0.25) is 14.6 Å². The maximum absolute atomic E-state index is 12.3. The molecule has 8 heteroatoms. The fraction of sp³-hybridized carbons (Fsp3) is 0.500. The average Bonchev–Trinajstić information content (AvgIpc) is 3.06. The van der Waals surface area contributed by atoms with Crippen molar-refractivity contribution in [3.63, 3.8) is 0 Å². The Hall–Kier alpha value is -2.48. The molecule has 184 valence electrons. The Bertz CT molecular complexity index is 1010. The number of hydrogen-bond donors (Lipinski definition) is 0. The molecule has 0 spiro atoms. The molecule has 0 aliphatic carbocycles. The van der Waals surface area contributed by atoms with Crippen molar-refractivity contribution in [2.45, 2.75) is 44.9 Å². The molecule has 2 aromatic rings. The molecule has 1 atom stereocenters. The number of hydrogen-bond acceptors (Lipinski definition) is 7. The van der Waals surface area contributed by atoms with Crippen molar-refractivity contribution >= 4 is 17.6 Å². The van der Waals surface area contributed by atoms with Gasteiger partial charge < -0.3 is 18.9 Å². The number of piperidine rings is 1. The van der Waals surface area contributed by atoms with Crippen LogP contribution in [-0.2, 0) is 29.2 Å². The molecule has 0 radical (unpaired) electrons. The molecule has 2 aliphatic heterocycles. The number of esters is 1. The third-order valence-electron chi connectivity index (χ3n) is 6.62. The van der Waals surface area contributed by atoms with E-state index in [2.05, 4.69) is 28.0 Å². The van der Waals surface area contributed by atoms with E-state index in [1.165, 1.54) is 12.7 Å². The van der Waals surface area contributed by atoms with Crippen LogP contribution < -0.4 is 14.2 Å². The fourth-order valence-electron chi connectivity index (χ4n) is 4.85. The Balaban J connectivity index is 1.50. The third kappa shape index (κ3) is 5.43. The molecule has 1 fully saturated rings. The van der Waals surface area contributed by atoms with E-state index in [9.17, 15) is 4.79 Å². The van der Waals surface area contributed by atoms with Gasteiger partial charge in [0.25, 0.3) is 0 Å². The first-order chi connectivity index (χ1) is 16.5. The van der Waals surface area contributed by atoms with Crippen LogP contribution in [0.25, 0.3) is 0 Å². The van der Waals surface area contributed by atoms with Gasteiger partial charge in [-0.15, -0.1) is 0 Å². The molecule has 4 rings (SSSR count). The molecule has 34 heavy (non-hydrogen) atoms. The largest absolute Gasteiger partial charge is 0.493 e. The number of likely N-dealkylation sites (tertiary alicyclic amines) is 1. The van der Waals surface area contributed by atoms with Gasteiger partial charge in [0, 0.05) is 31.7 Å². The van der Waals surface area contributed by atoms with E-state index in [4.69, 9.17) is 30.5 Å². The van der Waals surface area contributed by atoms with Gasteiger partial charge in [-0.2, -0.15) is 0 Å². The molecule has 0 amide bonds. The lowest BCUT2D eigenvalue weighted by atomic mass is 10.0. The van der Waals surface area contributed by atoms with Crippen molar-refractivity contribution in [2.75, 3.05) is 41.0 Å². The SMILES string of the molecule is COC(=O)C1CCCCN1Cc1ccc2c(c1)CN(Cc1ccc(OC)c(OC)c1Cl)CCO2. The number of carbonyl (C=O) groups excluding carboxylic acids is 1. The number of nitrogens with zero attached hydrogens (tertiary/aromatic N) is 2. The van der Waals surface area contributed by atoms with Crippen molar-refractivity contribution in [3.8, 4) is 17.2 Å². The summed E-state index contributed by atoms with van der Waals surface area (Å²) in [5, 5.41) is 0.569. The van der Waals surface area contributed by atoms with Gasteiger partial charge in [0.05, 0.1) is 26.4 Å². The van der Waals surface area contributed by atoms with Gasteiger partial charge >= 0.3 is 5.97 Å². The van der Waals surface area contributed by atoms with Gasteiger partial charge in [-0.05, 0) is 48.7 Å². The fourth-order valence-corrected chi connectivity index (χ4v) is 5.14. The highest BCUT2D eigenvalue weighted by Gasteiger charge is 2.29. The number of halogens is 1. The van der Waals surface area contributed by atoms with Gasteiger partial charge in [0.1, 0.15) is 18.4 Å². The summed E-state index contributed by atoms with van der Waals surface area (Å²) in [5.41, 5.74) is 3.29. The van der Waals surface area contributed by atoms with Crippen LogP contribution in [0.5, 0.6) is 17.2 Å². The van der Waals surface area contributed by atoms with Crippen molar-refractivity contribution in [1.82, 2.24) is 9.80 Å². The van der Waals surface area contributed by atoms with Crippen molar-refractivity contribution in [2.24, 2.45) is 0 Å². The maximum Gasteiger partial charge on any atom is 0.323 e. The van der Waals surface area contributed by atoms with Crippen LogP contribution in [0.3, 0.4) is 0 Å². The molecule has 2 heterocycles. The van der Waals surface area contributed by atoms with Crippen LogP contribution in [0.4, 0.5) is 0 Å². The Morgan fingerprint density at radius 1 is 1.09 bits per heavy atom. The van der Waals surface area contributed by atoms with E-state index in [0.717, 1.165) is 55.8 Å². The highest BCUT2D eigenvalue weighted by molar-refractivity contribution is 6.33. The lowest BCUT2D eigenvalue weighted by molar-refractivity contribution is -0.148. The molecule has 1 unspecified atom stereocenters. The molecule has 2 aliphatic rings. The first kappa shape index (κ1) is 24.6. The van der Waals surface area contributed by atoms with Crippen molar-refractivity contribution in [1.29, 1.82) is 0 Å². The third-order valence-corrected chi connectivity index (χ3v) is 7.03. The predicted molar refractivity (Wildman–Crippen MR) is 131 cm³/mol. The minimum absolute atomic E-state index is 0.143. The number of carbonyl (C=O) groups is 1. The zero-order valence-electron chi connectivity index (χ0n) is 20.1. The highest BCUT2D eigenvalue weighted by atomic mass is 35.5. The van der Waals surface area contributed by atoms with E-state index in [0.29, 0.717) is 36.2 Å². The van der Waals surface area contributed by atoms with Crippen molar-refractivity contribution < 1.29 is 23.7 Å². The van der Waals surface area contributed by atoms with Gasteiger partial charge in [-0.25, -0.2) is 0 Å². The minimum Gasteiger partial charge on any atom is -0.493 e. The van der Waals surface area contributed by atoms with Crippen LogP contribution in [-0.4, -0.2) is 62.8 Å². The topological polar surface area (TPSA) is 60.5 Å². The number of rotatable bonds is 7. The molecule has 0 N–H and O–H groups in total. The molecule has 0 saturated carbocycles. The maximum atomic E-state index is 12.3. The molecule has 0 aromatic heterocycles. The zero-order chi connectivity index (χ0) is 24.1. The summed E-state index contributed by atoms with van der Waals surface area (Å²) in [5.74, 6) is 1.94. The van der Waals surface area contributed by atoms with Gasteiger partial charge in [0.2, 0.25) is 0 Å². The summed E-state index contributed by atoms with van der Waals surface area (Å²) >= 11 is 6.63. The van der Waals surface area contributed by atoms with Crippen LogP contribution in [0.2, 0.25) is 5.02 Å². The molecule has 7 nitrogen and oxygen atoms in total. The van der Waals surface area contributed by atoms with E-state index in [1.54, 1.807) is 14.2 Å². The number of fused-ring (bicyclic) bond motifs is 1. The lowest BCUT2D eigenvalue weighted by Crippen LogP contribution is -2.44. The predicted octanol–water partition coefficient (Wildman–Crippen LogP) is 4.28. The van der Waals surface area contributed by atoms with Crippen molar-refractivity contribution in [3.05, 3.63) is 52.0 Å². The number of ether oxygens (including phenoxy) is 4. The Labute approximate surface area is 206 Å². The lowest BCUT2D eigenvalue weighted by Gasteiger charge is -2.33. The smallest absolute Gasteiger partial charge is 0.323 e. The number of benzene rings is 2.